The molecule has 1 unspecified atom stereocenters. The van der Waals surface area contributed by atoms with E-state index in [1.165, 1.54) is 6.92 Å². The van der Waals surface area contributed by atoms with Gasteiger partial charge in [0.2, 0.25) is 11.8 Å². The lowest BCUT2D eigenvalue weighted by atomic mass is 9.80. The smallest absolute Gasteiger partial charge is 0.246 e. The molecule has 0 aromatic heterocycles. The molecule has 0 radical (unpaired) electrons. The summed E-state index contributed by atoms with van der Waals surface area (Å²) in [6.45, 7) is 4.04. The van der Waals surface area contributed by atoms with Gasteiger partial charge >= 0.3 is 0 Å². The summed E-state index contributed by atoms with van der Waals surface area (Å²) in [5, 5.41) is 5.93. The first kappa shape index (κ1) is 20.2. The lowest BCUT2D eigenvalue weighted by Crippen LogP contribution is -2.61. The van der Waals surface area contributed by atoms with Crippen molar-refractivity contribution in [3.8, 4) is 0 Å². The Hall–Kier alpha value is -0.810. The molecule has 1 rings (SSSR count). The minimum Gasteiger partial charge on any atom is -0.350 e. The number of carbonyl (C=O) groups excluding carboxylic acids is 2. The van der Waals surface area contributed by atoms with Gasteiger partial charge < -0.3 is 16.4 Å². The van der Waals surface area contributed by atoms with Gasteiger partial charge in [-0.05, 0) is 19.3 Å². The standard InChI is InChI=1S/C15H29N3O2.ClH/c1-3-4-8-13(11-16)17-14(20)15(18-12(2)19)9-6-5-7-10-15;/h13H,3-11,16H2,1-2H3,(H,17,20)(H,18,19);1H. The van der Waals surface area contributed by atoms with Gasteiger partial charge in [0, 0.05) is 19.5 Å². The molecule has 5 nitrogen and oxygen atoms in total. The second kappa shape index (κ2) is 10.0. The van der Waals surface area contributed by atoms with Crippen molar-refractivity contribution in [2.24, 2.45) is 5.73 Å². The van der Waals surface area contributed by atoms with Crippen molar-refractivity contribution in [3.63, 3.8) is 0 Å². The summed E-state index contributed by atoms with van der Waals surface area (Å²) in [5.41, 5.74) is 5.02. The maximum atomic E-state index is 12.6. The maximum absolute atomic E-state index is 12.6. The molecule has 1 saturated carbocycles. The van der Waals surface area contributed by atoms with Gasteiger partial charge in [0.1, 0.15) is 5.54 Å². The number of hydrogen-bond acceptors (Lipinski definition) is 3. The van der Waals surface area contributed by atoms with Crippen LogP contribution in [0.5, 0.6) is 0 Å². The van der Waals surface area contributed by atoms with Gasteiger partial charge in [-0.15, -0.1) is 12.4 Å². The summed E-state index contributed by atoms with van der Waals surface area (Å²) < 4.78 is 0. The number of unbranched alkanes of at least 4 members (excludes halogenated alkanes) is 1. The zero-order valence-electron chi connectivity index (χ0n) is 13.2. The highest BCUT2D eigenvalue weighted by molar-refractivity contribution is 5.91. The summed E-state index contributed by atoms with van der Waals surface area (Å²) in [6.07, 6.45) is 7.58. The lowest BCUT2D eigenvalue weighted by Gasteiger charge is -2.37. The zero-order valence-corrected chi connectivity index (χ0v) is 14.1. The number of carbonyl (C=O) groups is 2. The Morgan fingerprint density at radius 2 is 1.86 bits per heavy atom. The molecule has 0 heterocycles. The molecule has 21 heavy (non-hydrogen) atoms. The number of halogens is 1. The molecule has 0 spiro atoms. The number of amides is 2. The van der Waals surface area contributed by atoms with E-state index in [4.69, 9.17) is 5.73 Å². The van der Waals surface area contributed by atoms with E-state index < -0.39 is 5.54 Å². The molecule has 0 aromatic rings. The third kappa shape index (κ3) is 6.22. The Kier molecular flexibility index (Phi) is 9.62. The molecule has 1 aliphatic rings. The number of nitrogens with two attached hydrogens (primary N) is 1. The van der Waals surface area contributed by atoms with Crippen molar-refractivity contribution in [3.05, 3.63) is 0 Å². The molecular formula is C15H30ClN3O2. The summed E-state index contributed by atoms with van der Waals surface area (Å²) >= 11 is 0. The SMILES string of the molecule is CCCCC(CN)NC(=O)C1(NC(C)=O)CCCCC1.Cl. The minimum absolute atomic E-state index is 0. The zero-order chi connectivity index (χ0) is 15.0. The second-order valence-electron chi connectivity index (χ2n) is 5.87. The molecule has 2 amide bonds. The van der Waals surface area contributed by atoms with Crippen molar-refractivity contribution in [2.75, 3.05) is 6.54 Å². The summed E-state index contributed by atoms with van der Waals surface area (Å²) in [4.78, 5) is 24.0. The molecule has 4 N–H and O–H groups in total. The van der Waals surface area contributed by atoms with Crippen LogP contribution in [0, 0.1) is 0 Å². The molecule has 0 saturated heterocycles. The predicted octanol–water partition coefficient (Wildman–Crippen LogP) is 1.88. The van der Waals surface area contributed by atoms with Crippen LogP contribution >= 0.6 is 12.4 Å². The highest BCUT2D eigenvalue weighted by atomic mass is 35.5. The van der Waals surface area contributed by atoms with Gasteiger partial charge in [0.15, 0.2) is 0 Å². The van der Waals surface area contributed by atoms with Crippen molar-refractivity contribution < 1.29 is 9.59 Å². The minimum atomic E-state index is -0.719. The maximum Gasteiger partial charge on any atom is 0.246 e. The van der Waals surface area contributed by atoms with Crippen LogP contribution in [0.3, 0.4) is 0 Å². The first-order chi connectivity index (χ1) is 9.54. The Morgan fingerprint density at radius 3 is 2.33 bits per heavy atom. The first-order valence-electron chi connectivity index (χ1n) is 7.84. The van der Waals surface area contributed by atoms with Crippen LogP contribution < -0.4 is 16.4 Å². The van der Waals surface area contributed by atoms with Crippen molar-refractivity contribution in [2.45, 2.75) is 76.8 Å². The van der Waals surface area contributed by atoms with Crippen molar-refractivity contribution in [1.29, 1.82) is 0 Å². The summed E-state index contributed by atoms with van der Waals surface area (Å²) in [7, 11) is 0. The summed E-state index contributed by atoms with van der Waals surface area (Å²) in [6, 6.07) is 0.00927. The summed E-state index contributed by atoms with van der Waals surface area (Å²) in [5.74, 6) is -0.196. The van der Waals surface area contributed by atoms with Crippen LogP contribution in [0.4, 0.5) is 0 Å². The highest BCUT2D eigenvalue weighted by Crippen LogP contribution is 2.28. The molecule has 1 atom stereocenters. The topological polar surface area (TPSA) is 84.2 Å². The predicted molar refractivity (Wildman–Crippen MR) is 87.4 cm³/mol. The van der Waals surface area contributed by atoms with E-state index in [-0.39, 0.29) is 30.3 Å². The molecular weight excluding hydrogens is 290 g/mol. The van der Waals surface area contributed by atoms with Crippen LogP contribution in [-0.4, -0.2) is 29.9 Å². The number of hydrogen-bond donors (Lipinski definition) is 3. The third-order valence-electron chi connectivity index (χ3n) is 4.08. The van der Waals surface area contributed by atoms with Crippen LogP contribution in [0.1, 0.15) is 65.2 Å². The average molecular weight is 320 g/mol. The van der Waals surface area contributed by atoms with Gasteiger partial charge in [-0.25, -0.2) is 0 Å². The second-order valence-corrected chi connectivity index (χ2v) is 5.87. The van der Waals surface area contributed by atoms with Gasteiger partial charge in [0.25, 0.3) is 0 Å². The fourth-order valence-corrected chi connectivity index (χ4v) is 2.92. The Morgan fingerprint density at radius 1 is 1.24 bits per heavy atom. The molecule has 1 aliphatic carbocycles. The van der Waals surface area contributed by atoms with Gasteiger partial charge in [-0.1, -0.05) is 39.0 Å². The van der Waals surface area contributed by atoms with Crippen LogP contribution in [-0.2, 0) is 9.59 Å². The molecule has 6 heteroatoms. The van der Waals surface area contributed by atoms with E-state index in [0.29, 0.717) is 6.54 Å². The van der Waals surface area contributed by atoms with Crippen LogP contribution in [0.15, 0.2) is 0 Å². The lowest BCUT2D eigenvalue weighted by molar-refractivity contribution is -0.134. The Bertz CT molecular complexity index is 331. The molecule has 0 aliphatic heterocycles. The van der Waals surface area contributed by atoms with Crippen LogP contribution in [0.25, 0.3) is 0 Å². The van der Waals surface area contributed by atoms with E-state index in [0.717, 1.165) is 51.4 Å². The number of nitrogens with one attached hydrogen (secondary N) is 2. The van der Waals surface area contributed by atoms with Crippen molar-refractivity contribution >= 4 is 24.2 Å². The fourth-order valence-electron chi connectivity index (χ4n) is 2.92. The fraction of sp³-hybridized carbons (Fsp3) is 0.867. The van der Waals surface area contributed by atoms with Crippen LogP contribution in [0.2, 0.25) is 0 Å². The molecule has 0 aromatic carbocycles. The van der Waals surface area contributed by atoms with E-state index in [1.54, 1.807) is 0 Å². The average Bonchev–Trinajstić information content (AvgIpc) is 2.43. The largest absolute Gasteiger partial charge is 0.350 e. The van der Waals surface area contributed by atoms with Gasteiger partial charge in [-0.2, -0.15) is 0 Å². The van der Waals surface area contributed by atoms with Gasteiger partial charge in [-0.3, -0.25) is 9.59 Å². The molecule has 1 fully saturated rings. The Labute approximate surface area is 134 Å². The van der Waals surface area contributed by atoms with Gasteiger partial charge in [0.05, 0.1) is 0 Å². The Balaban J connectivity index is 0.00000400. The third-order valence-corrected chi connectivity index (χ3v) is 4.08. The molecule has 0 bridgehead atoms. The normalized spacial score (nSPS) is 18.2. The van der Waals surface area contributed by atoms with E-state index in [9.17, 15) is 9.59 Å². The monoisotopic (exact) mass is 319 g/mol. The highest BCUT2D eigenvalue weighted by Gasteiger charge is 2.40. The van der Waals surface area contributed by atoms with E-state index >= 15 is 0 Å². The van der Waals surface area contributed by atoms with E-state index in [1.807, 2.05) is 0 Å². The molecule has 124 valence electrons. The number of rotatable bonds is 7. The quantitative estimate of drug-likeness (QED) is 0.670. The van der Waals surface area contributed by atoms with E-state index in [2.05, 4.69) is 17.6 Å². The van der Waals surface area contributed by atoms with Crippen molar-refractivity contribution in [1.82, 2.24) is 10.6 Å². The first-order valence-corrected chi connectivity index (χ1v) is 7.84.